The number of rotatable bonds is 7. The predicted octanol–water partition coefficient (Wildman–Crippen LogP) is 4.26. The number of thioether (sulfide) groups is 1. The van der Waals surface area contributed by atoms with Gasteiger partial charge in [0.2, 0.25) is 5.16 Å². The molecule has 0 unspecified atom stereocenters. The highest BCUT2D eigenvalue weighted by atomic mass is 35.5. The van der Waals surface area contributed by atoms with E-state index in [4.69, 9.17) is 16.3 Å². The first kappa shape index (κ1) is 20.4. The minimum absolute atomic E-state index is 0.103. The normalized spacial score (nSPS) is 11.3. The third kappa shape index (κ3) is 4.92. The molecule has 0 saturated heterocycles. The molecular weight excluding hydrogens is 420 g/mol. The Morgan fingerprint density at radius 1 is 1.34 bits per heavy atom. The Morgan fingerprint density at radius 3 is 2.83 bits per heavy atom. The van der Waals surface area contributed by atoms with Crippen LogP contribution >= 0.6 is 23.4 Å². The SMILES string of the molecule is COc1ccc(Cl)cc1-c1nc(S/C(=C\c2cccc([N+](=O)[O-])c2)C(=O)O)n[nH]1. The highest BCUT2D eigenvalue weighted by molar-refractivity contribution is 8.04. The third-order valence-electron chi connectivity index (χ3n) is 3.67. The molecule has 2 aromatic carbocycles. The number of non-ortho nitro benzene ring substituents is 1. The lowest BCUT2D eigenvalue weighted by Crippen LogP contribution is -1.97. The fourth-order valence-corrected chi connectivity index (χ4v) is 3.27. The van der Waals surface area contributed by atoms with Gasteiger partial charge in [-0.3, -0.25) is 15.2 Å². The zero-order valence-electron chi connectivity index (χ0n) is 14.8. The summed E-state index contributed by atoms with van der Waals surface area (Å²) >= 11 is 6.83. The average Bonchev–Trinajstić information content (AvgIpc) is 3.16. The summed E-state index contributed by atoms with van der Waals surface area (Å²) in [5.41, 5.74) is 0.803. The van der Waals surface area contributed by atoms with E-state index in [-0.39, 0.29) is 15.7 Å². The number of nitrogens with zero attached hydrogens (tertiary/aromatic N) is 3. The number of hydrogen-bond acceptors (Lipinski definition) is 7. The number of methoxy groups -OCH3 is 1. The molecule has 148 valence electrons. The van der Waals surface area contributed by atoms with Crippen molar-refractivity contribution in [1.29, 1.82) is 0 Å². The summed E-state index contributed by atoms with van der Waals surface area (Å²) in [6.45, 7) is 0. The van der Waals surface area contributed by atoms with Crippen LogP contribution in [-0.4, -0.2) is 38.3 Å². The number of aromatic amines is 1. The van der Waals surface area contributed by atoms with E-state index in [2.05, 4.69) is 15.2 Å². The Morgan fingerprint density at radius 2 is 2.14 bits per heavy atom. The number of nitro benzene ring substituents is 1. The van der Waals surface area contributed by atoms with E-state index < -0.39 is 10.9 Å². The number of ether oxygens (including phenoxy) is 1. The Kier molecular flexibility index (Phi) is 6.15. The number of aliphatic carboxylic acids is 1. The zero-order valence-corrected chi connectivity index (χ0v) is 16.4. The van der Waals surface area contributed by atoms with E-state index in [0.29, 0.717) is 27.7 Å². The van der Waals surface area contributed by atoms with Crippen molar-refractivity contribution in [3.63, 3.8) is 0 Å². The van der Waals surface area contributed by atoms with Gasteiger partial charge >= 0.3 is 5.97 Å². The molecule has 0 atom stereocenters. The Hall–Kier alpha value is -3.37. The van der Waals surface area contributed by atoms with Crippen LogP contribution in [-0.2, 0) is 4.79 Å². The highest BCUT2D eigenvalue weighted by Crippen LogP contribution is 2.33. The lowest BCUT2D eigenvalue weighted by atomic mass is 10.2. The largest absolute Gasteiger partial charge is 0.496 e. The van der Waals surface area contributed by atoms with Crippen LogP contribution in [0.1, 0.15) is 5.56 Å². The first-order valence-electron chi connectivity index (χ1n) is 8.01. The molecule has 0 aliphatic heterocycles. The molecule has 1 heterocycles. The molecule has 0 bridgehead atoms. The molecule has 0 saturated carbocycles. The molecule has 3 aromatic rings. The number of benzene rings is 2. The fraction of sp³-hybridized carbons (Fsp3) is 0.0556. The van der Waals surface area contributed by atoms with E-state index in [1.165, 1.54) is 31.4 Å². The Labute approximate surface area is 173 Å². The summed E-state index contributed by atoms with van der Waals surface area (Å²) in [4.78, 5) is 26.2. The molecule has 11 heteroatoms. The predicted molar refractivity (Wildman–Crippen MR) is 108 cm³/mol. The summed E-state index contributed by atoms with van der Waals surface area (Å²) in [6.07, 6.45) is 1.32. The van der Waals surface area contributed by atoms with Gasteiger partial charge in [0.15, 0.2) is 5.82 Å². The molecule has 0 aliphatic rings. The van der Waals surface area contributed by atoms with Gasteiger partial charge in [-0.1, -0.05) is 23.7 Å². The third-order valence-corrected chi connectivity index (χ3v) is 4.78. The number of hydrogen-bond donors (Lipinski definition) is 2. The van der Waals surface area contributed by atoms with Gasteiger partial charge in [-0.15, -0.1) is 5.10 Å². The molecule has 2 N–H and O–H groups in total. The standard InChI is InChI=1S/C18H13ClN4O5S/c1-28-14-6-5-11(19)9-13(14)16-20-18(22-21-16)29-15(17(24)25)8-10-3-2-4-12(7-10)23(26)27/h2-9H,1H3,(H,24,25)(H,20,21,22)/b15-8-. The number of carboxylic acid groups (broad SMARTS) is 1. The molecular formula is C18H13ClN4O5S. The fourth-order valence-electron chi connectivity index (χ4n) is 2.39. The first-order chi connectivity index (χ1) is 13.9. The van der Waals surface area contributed by atoms with Crippen molar-refractivity contribution in [2.24, 2.45) is 0 Å². The quantitative estimate of drug-likeness (QED) is 0.245. The number of H-pyrrole nitrogens is 1. The van der Waals surface area contributed by atoms with Gasteiger partial charge in [0.05, 0.1) is 17.6 Å². The molecule has 0 fully saturated rings. The van der Waals surface area contributed by atoms with Crippen molar-refractivity contribution in [3.8, 4) is 17.1 Å². The number of nitrogens with one attached hydrogen (secondary N) is 1. The van der Waals surface area contributed by atoms with Crippen LogP contribution in [0.5, 0.6) is 5.75 Å². The van der Waals surface area contributed by atoms with E-state index in [9.17, 15) is 20.0 Å². The molecule has 29 heavy (non-hydrogen) atoms. The average molecular weight is 433 g/mol. The van der Waals surface area contributed by atoms with Crippen LogP contribution in [0.3, 0.4) is 0 Å². The van der Waals surface area contributed by atoms with Gasteiger partial charge in [-0.25, -0.2) is 9.78 Å². The smallest absolute Gasteiger partial charge is 0.342 e. The van der Waals surface area contributed by atoms with E-state index in [0.717, 1.165) is 11.8 Å². The summed E-state index contributed by atoms with van der Waals surface area (Å²) in [7, 11) is 1.50. The van der Waals surface area contributed by atoms with Gasteiger partial charge in [-0.2, -0.15) is 0 Å². The van der Waals surface area contributed by atoms with E-state index in [1.54, 1.807) is 24.3 Å². The summed E-state index contributed by atoms with van der Waals surface area (Å²) < 4.78 is 5.28. The van der Waals surface area contributed by atoms with Crippen molar-refractivity contribution in [2.45, 2.75) is 5.16 Å². The minimum Gasteiger partial charge on any atom is -0.496 e. The molecule has 9 nitrogen and oxygen atoms in total. The van der Waals surface area contributed by atoms with Crippen LogP contribution < -0.4 is 4.74 Å². The second-order valence-corrected chi connectivity index (χ2v) is 7.02. The molecule has 0 aliphatic carbocycles. The van der Waals surface area contributed by atoms with Crippen LogP contribution in [0.25, 0.3) is 17.5 Å². The molecule has 0 amide bonds. The minimum atomic E-state index is -1.21. The molecule has 3 rings (SSSR count). The van der Waals surface area contributed by atoms with Gasteiger partial charge in [0, 0.05) is 17.2 Å². The number of halogens is 1. The van der Waals surface area contributed by atoms with Crippen LogP contribution in [0.4, 0.5) is 5.69 Å². The van der Waals surface area contributed by atoms with Gasteiger partial charge in [0.1, 0.15) is 10.7 Å². The number of carboxylic acids is 1. The summed E-state index contributed by atoms with van der Waals surface area (Å²) in [6, 6.07) is 10.6. The molecule has 0 radical (unpaired) electrons. The van der Waals surface area contributed by atoms with Gasteiger partial charge in [-0.05, 0) is 41.6 Å². The van der Waals surface area contributed by atoms with E-state index in [1.807, 2.05) is 0 Å². The second-order valence-electron chi connectivity index (χ2n) is 5.58. The topological polar surface area (TPSA) is 131 Å². The van der Waals surface area contributed by atoms with Crippen LogP contribution in [0.2, 0.25) is 5.02 Å². The maximum atomic E-state index is 11.6. The van der Waals surface area contributed by atoms with E-state index >= 15 is 0 Å². The zero-order chi connectivity index (χ0) is 21.0. The van der Waals surface area contributed by atoms with Gasteiger partial charge < -0.3 is 9.84 Å². The van der Waals surface area contributed by atoms with Crippen LogP contribution in [0.15, 0.2) is 52.5 Å². The second kappa shape index (κ2) is 8.76. The first-order valence-corrected chi connectivity index (χ1v) is 9.20. The van der Waals surface area contributed by atoms with Crippen molar-refractivity contribution < 1.29 is 19.6 Å². The lowest BCUT2D eigenvalue weighted by Gasteiger charge is -2.05. The maximum Gasteiger partial charge on any atom is 0.342 e. The van der Waals surface area contributed by atoms with Crippen molar-refractivity contribution in [2.75, 3.05) is 7.11 Å². The highest BCUT2D eigenvalue weighted by Gasteiger charge is 2.17. The lowest BCUT2D eigenvalue weighted by molar-refractivity contribution is -0.384. The van der Waals surface area contributed by atoms with Crippen LogP contribution in [0, 0.1) is 10.1 Å². The number of nitro groups is 1. The Bertz CT molecular complexity index is 1120. The number of carbonyl (C=O) groups is 1. The Balaban J connectivity index is 1.90. The number of aromatic nitrogens is 3. The monoisotopic (exact) mass is 432 g/mol. The molecule has 1 aromatic heterocycles. The van der Waals surface area contributed by atoms with Gasteiger partial charge in [0.25, 0.3) is 5.69 Å². The summed E-state index contributed by atoms with van der Waals surface area (Å²) in [5.74, 6) is -0.340. The van der Waals surface area contributed by atoms with Crippen molar-refractivity contribution in [1.82, 2.24) is 15.2 Å². The maximum absolute atomic E-state index is 11.6. The summed E-state index contributed by atoms with van der Waals surface area (Å²) in [5, 5.41) is 27.8. The van der Waals surface area contributed by atoms with Crippen molar-refractivity contribution in [3.05, 3.63) is 68.1 Å². The molecule has 0 spiro atoms. The van der Waals surface area contributed by atoms with Crippen molar-refractivity contribution >= 4 is 41.1 Å².